The Hall–Kier alpha value is -3.51. The molecule has 30 heavy (non-hydrogen) atoms. The molecule has 150 valence electrons. The van der Waals surface area contributed by atoms with Crippen molar-refractivity contribution in [2.75, 3.05) is 4.90 Å². The number of thiophene rings is 1. The van der Waals surface area contributed by atoms with Gasteiger partial charge in [-0.05, 0) is 47.3 Å². The number of nitrogens with zero attached hydrogens (tertiary/aromatic N) is 2. The summed E-state index contributed by atoms with van der Waals surface area (Å²) in [6, 6.07) is 23.1. The molecule has 0 N–H and O–H groups in total. The fraction of sp³-hybridized carbons (Fsp3) is 0.0833. The fourth-order valence-electron chi connectivity index (χ4n) is 2.95. The average molecular weight is 418 g/mol. The van der Waals surface area contributed by atoms with Crippen LogP contribution in [0.3, 0.4) is 0 Å². The van der Waals surface area contributed by atoms with E-state index >= 15 is 0 Å². The van der Waals surface area contributed by atoms with Gasteiger partial charge in [0.1, 0.15) is 24.0 Å². The van der Waals surface area contributed by atoms with Gasteiger partial charge in [-0.15, -0.1) is 11.3 Å². The van der Waals surface area contributed by atoms with E-state index < -0.39 is 0 Å². The standard InChI is InChI=1S/C24H19FN2O2S/c25-21-7-2-1-6-19(21)17-29-20-12-10-18(11-13-20)16-27(23-9-3-4-14-26-23)24(28)22-8-5-15-30-22/h1-15H,16-17H2. The van der Waals surface area contributed by atoms with E-state index in [1.54, 1.807) is 29.3 Å². The molecule has 0 aliphatic carbocycles. The van der Waals surface area contributed by atoms with E-state index in [0.717, 1.165) is 5.56 Å². The van der Waals surface area contributed by atoms with Crippen LogP contribution in [0.1, 0.15) is 20.8 Å². The Bertz CT molecular complexity index is 1100. The molecule has 0 radical (unpaired) electrons. The number of anilines is 1. The highest BCUT2D eigenvalue weighted by Gasteiger charge is 2.20. The summed E-state index contributed by atoms with van der Waals surface area (Å²) in [5, 5.41) is 1.88. The molecule has 4 aromatic rings. The van der Waals surface area contributed by atoms with Crippen LogP contribution in [0, 0.1) is 5.82 Å². The van der Waals surface area contributed by atoms with E-state index in [9.17, 15) is 9.18 Å². The molecule has 0 fully saturated rings. The number of carbonyl (C=O) groups excluding carboxylic acids is 1. The van der Waals surface area contributed by atoms with Gasteiger partial charge in [-0.1, -0.05) is 42.5 Å². The van der Waals surface area contributed by atoms with Crippen molar-refractivity contribution in [3.8, 4) is 5.75 Å². The number of hydrogen-bond acceptors (Lipinski definition) is 4. The molecule has 0 atom stereocenters. The van der Waals surface area contributed by atoms with Gasteiger partial charge in [0.05, 0.1) is 11.4 Å². The zero-order valence-electron chi connectivity index (χ0n) is 16.1. The minimum Gasteiger partial charge on any atom is -0.489 e. The molecule has 4 nitrogen and oxygen atoms in total. The van der Waals surface area contributed by atoms with Crippen LogP contribution >= 0.6 is 11.3 Å². The highest BCUT2D eigenvalue weighted by atomic mass is 32.1. The van der Waals surface area contributed by atoms with Gasteiger partial charge in [-0.2, -0.15) is 0 Å². The molecule has 0 aliphatic heterocycles. The third-order valence-electron chi connectivity index (χ3n) is 4.52. The number of benzene rings is 2. The minimum atomic E-state index is -0.285. The van der Waals surface area contributed by atoms with Gasteiger partial charge < -0.3 is 4.74 Å². The number of amides is 1. The van der Waals surface area contributed by atoms with Crippen molar-refractivity contribution in [3.05, 3.63) is 112 Å². The highest BCUT2D eigenvalue weighted by Crippen LogP contribution is 2.22. The molecule has 0 aliphatic rings. The van der Waals surface area contributed by atoms with Gasteiger partial charge >= 0.3 is 0 Å². The first kappa shape index (κ1) is 19.8. The Balaban J connectivity index is 1.48. The normalized spacial score (nSPS) is 10.6. The molecule has 6 heteroatoms. The summed E-state index contributed by atoms with van der Waals surface area (Å²) in [5.41, 5.74) is 1.44. The molecule has 0 bridgehead atoms. The summed E-state index contributed by atoms with van der Waals surface area (Å²) in [6.07, 6.45) is 1.67. The van der Waals surface area contributed by atoms with Crippen LogP contribution in [0.15, 0.2) is 90.4 Å². The van der Waals surface area contributed by atoms with Gasteiger partial charge in [0.25, 0.3) is 5.91 Å². The number of aromatic nitrogens is 1. The van der Waals surface area contributed by atoms with E-state index in [4.69, 9.17) is 4.74 Å². The van der Waals surface area contributed by atoms with Crippen LogP contribution in [0.2, 0.25) is 0 Å². The lowest BCUT2D eigenvalue weighted by Crippen LogP contribution is -2.30. The summed E-state index contributed by atoms with van der Waals surface area (Å²) in [5.74, 6) is 0.850. The Kier molecular flexibility index (Phi) is 6.15. The van der Waals surface area contributed by atoms with E-state index in [1.807, 2.05) is 60.0 Å². The van der Waals surface area contributed by atoms with Crippen LogP contribution in [-0.2, 0) is 13.2 Å². The van der Waals surface area contributed by atoms with Crippen LogP contribution in [0.4, 0.5) is 10.2 Å². The maximum Gasteiger partial charge on any atom is 0.269 e. The zero-order chi connectivity index (χ0) is 20.8. The van der Waals surface area contributed by atoms with Gasteiger partial charge in [0.15, 0.2) is 0 Å². The van der Waals surface area contributed by atoms with Crippen LogP contribution in [-0.4, -0.2) is 10.9 Å². The first-order chi connectivity index (χ1) is 14.7. The number of halogens is 1. The molecule has 0 saturated carbocycles. The lowest BCUT2D eigenvalue weighted by molar-refractivity contribution is 0.0988. The number of carbonyl (C=O) groups is 1. The fourth-order valence-corrected chi connectivity index (χ4v) is 3.63. The maximum absolute atomic E-state index is 13.7. The first-order valence-corrected chi connectivity index (χ1v) is 10.3. The summed E-state index contributed by atoms with van der Waals surface area (Å²) >= 11 is 1.40. The van der Waals surface area contributed by atoms with Gasteiger partial charge in [0.2, 0.25) is 0 Å². The lowest BCUT2D eigenvalue weighted by atomic mass is 10.2. The molecule has 2 aromatic heterocycles. The third kappa shape index (κ3) is 4.72. The molecule has 0 spiro atoms. The average Bonchev–Trinajstić information content (AvgIpc) is 3.33. The van der Waals surface area contributed by atoms with Crippen LogP contribution in [0.25, 0.3) is 0 Å². The van der Waals surface area contributed by atoms with Crippen molar-refractivity contribution in [2.24, 2.45) is 0 Å². The van der Waals surface area contributed by atoms with Crippen LogP contribution < -0.4 is 9.64 Å². The van der Waals surface area contributed by atoms with Crippen molar-refractivity contribution < 1.29 is 13.9 Å². The Labute approximate surface area is 178 Å². The monoisotopic (exact) mass is 418 g/mol. The second-order valence-corrected chi connectivity index (χ2v) is 7.53. The van der Waals surface area contributed by atoms with Crippen molar-refractivity contribution >= 4 is 23.1 Å². The van der Waals surface area contributed by atoms with E-state index in [1.165, 1.54) is 17.4 Å². The van der Waals surface area contributed by atoms with E-state index in [0.29, 0.717) is 28.6 Å². The number of pyridine rings is 1. The topological polar surface area (TPSA) is 42.4 Å². The zero-order valence-corrected chi connectivity index (χ0v) is 16.9. The largest absolute Gasteiger partial charge is 0.489 e. The van der Waals surface area contributed by atoms with Gasteiger partial charge in [-0.3, -0.25) is 9.69 Å². The van der Waals surface area contributed by atoms with Gasteiger partial charge in [-0.25, -0.2) is 9.37 Å². The molecule has 0 saturated heterocycles. The van der Waals surface area contributed by atoms with Crippen LogP contribution in [0.5, 0.6) is 5.75 Å². The minimum absolute atomic E-state index is 0.0939. The highest BCUT2D eigenvalue weighted by molar-refractivity contribution is 7.12. The second-order valence-electron chi connectivity index (χ2n) is 6.58. The number of ether oxygens (including phenoxy) is 1. The van der Waals surface area contributed by atoms with E-state index in [-0.39, 0.29) is 18.3 Å². The molecule has 2 heterocycles. The summed E-state index contributed by atoms with van der Waals surface area (Å²) in [6.45, 7) is 0.532. The summed E-state index contributed by atoms with van der Waals surface area (Å²) in [4.78, 5) is 19.7. The van der Waals surface area contributed by atoms with E-state index in [2.05, 4.69) is 4.98 Å². The van der Waals surface area contributed by atoms with Crippen molar-refractivity contribution in [2.45, 2.75) is 13.2 Å². The van der Waals surface area contributed by atoms with Crippen molar-refractivity contribution in [3.63, 3.8) is 0 Å². The Morgan fingerprint density at radius 2 is 1.77 bits per heavy atom. The molecule has 2 aromatic carbocycles. The SMILES string of the molecule is O=C(c1cccs1)N(Cc1ccc(OCc2ccccc2F)cc1)c1ccccn1. The molecule has 1 amide bonds. The molecular weight excluding hydrogens is 399 g/mol. The Morgan fingerprint density at radius 1 is 0.967 bits per heavy atom. The summed E-state index contributed by atoms with van der Waals surface area (Å²) in [7, 11) is 0. The molecule has 0 unspecified atom stereocenters. The molecule has 4 rings (SSSR count). The second kappa shape index (κ2) is 9.33. The number of hydrogen-bond donors (Lipinski definition) is 0. The quantitative estimate of drug-likeness (QED) is 0.386. The lowest BCUT2D eigenvalue weighted by Gasteiger charge is -2.21. The predicted molar refractivity (Wildman–Crippen MR) is 116 cm³/mol. The third-order valence-corrected chi connectivity index (χ3v) is 5.38. The summed E-state index contributed by atoms with van der Waals surface area (Å²) < 4.78 is 19.4. The van der Waals surface area contributed by atoms with Gasteiger partial charge in [0, 0.05) is 11.8 Å². The smallest absolute Gasteiger partial charge is 0.269 e. The first-order valence-electron chi connectivity index (χ1n) is 9.42. The van der Waals surface area contributed by atoms with Crippen molar-refractivity contribution in [1.82, 2.24) is 4.98 Å². The van der Waals surface area contributed by atoms with Crippen molar-refractivity contribution in [1.29, 1.82) is 0 Å². The molecular formula is C24H19FN2O2S. The predicted octanol–water partition coefficient (Wildman–Crippen LogP) is 5.71. The number of rotatable bonds is 7. The maximum atomic E-state index is 13.7. The Morgan fingerprint density at radius 3 is 2.47 bits per heavy atom.